The smallest absolute Gasteiger partial charge is 0.311 e. The number of thioether (sulfide) groups is 1. The highest BCUT2D eigenvalue weighted by molar-refractivity contribution is 8.13. The molecule has 1 aromatic rings. The highest BCUT2D eigenvalue weighted by atomic mass is 32.2. The van der Waals surface area contributed by atoms with E-state index in [4.69, 9.17) is 4.74 Å². The summed E-state index contributed by atoms with van der Waals surface area (Å²) >= 11 is 1.16. The van der Waals surface area contributed by atoms with Gasteiger partial charge >= 0.3 is 5.97 Å². The van der Waals surface area contributed by atoms with Gasteiger partial charge in [-0.25, -0.2) is 0 Å². The van der Waals surface area contributed by atoms with Crippen molar-refractivity contribution >= 4 is 22.8 Å². The largest absolute Gasteiger partial charge is 0.494 e. The maximum atomic E-state index is 11.3. The van der Waals surface area contributed by atoms with E-state index in [9.17, 15) is 14.7 Å². The van der Waals surface area contributed by atoms with Crippen LogP contribution in [0.1, 0.15) is 31.7 Å². The fourth-order valence-corrected chi connectivity index (χ4v) is 2.36. The first-order chi connectivity index (χ1) is 9.04. The van der Waals surface area contributed by atoms with Gasteiger partial charge in [0.2, 0.25) is 0 Å². The van der Waals surface area contributed by atoms with E-state index in [0.717, 1.165) is 23.1 Å². The van der Waals surface area contributed by atoms with Gasteiger partial charge in [0.05, 0.1) is 12.5 Å². The lowest BCUT2D eigenvalue weighted by atomic mass is 9.97. The van der Waals surface area contributed by atoms with Crippen LogP contribution < -0.4 is 4.74 Å². The third kappa shape index (κ3) is 5.34. The summed E-state index contributed by atoms with van der Waals surface area (Å²) in [4.78, 5) is 22.1. The summed E-state index contributed by atoms with van der Waals surface area (Å²) in [5, 5.41) is 9.25. The second kappa shape index (κ2) is 7.84. The van der Waals surface area contributed by atoms with E-state index in [0.29, 0.717) is 18.8 Å². The average Bonchev–Trinajstić information content (AvgIpc) is 2.35. The molecule has 0 fully saturated rings. The first-order valence-corrected chi connectivity index (χ1v) is 7.12. The van der Waals surface area contributed by atoms with Crippen LogP contribution in [-0.2, 0) is 9.59 Å². The lowest BCUT2D eigenvalue weighted by Crippen LogP contribution is -2.13. The highest BCUT2D eigenvalue weighted by Crippen LogP contribution is 2.24. The molecule has 5 heteroatoms. The number of carboxylic acids is 1. The first-order valence-electron chi connectivity index (χ1n) is 6.13. The molecule has 4 nitrogen and oxygen atoms in total. The Morgan fingerprint density at radius 2 is 1.95 bits per heavy atom. The number of carbonyl (C=O) groups excluding carboxylic acids is 1. The molecular formula is C14H18O4S. The van der Waals surface area contributed by atoms with Crippen LogP contribution in [0.4, 0.5) is 0 Å². The lowest BCUT2D eigenvalue weighted by molar-refractivity contribution is -0.138. The molecule has 0 saturated carbocycles. The number of ether oxygens (including phenoxy) is 1. The quantitative estimate of drug-likeness (QED) is 0.833. The molecule has 0 bridgehead atoms. The van der Waals surface area contributed by atoms with E-state index in [1.54, 1.807) is 24.3 Å². The van der Waals surface area contributed by atoms with Gasteiger partial charge in [0, 0.05) is 12.7 Å². The molecule has 0 heterocycles. The molecule has 104 valence electrons. The van der Waals surface area contributed by atoms with Crippen LogP contribution in [0.5, 0.6) is 5.75 Å². The molecule has 0 aliphatic rings. The molecule has 0 aromatic heterocycles. The van der Waals surface area contributed by atoms with Crippen molar-refractivity contribution in [1.29, 1.82) is 0 Å². The molecule has 0 spiro atoms. The maximum Gasteiger partial charge on any atom is 0.311 e. The Kier molecular flexibility index (Phi) is 6.42. The molecule has 0 aliphatic heterocycles. The molecule has 1 atom stereocenters. The zero-order chi connectivity index (χ0) is 14.3. The molecule has 1 aromatic carbocycles. The summed E-state index contributed by atoms with van der Waals surface area (Å²) in [6, 6.07) is 7.07. The molecule has 1 unspecified atom stereocenters. The lowest BCUT2D eigenvalue weighted by Gasteiger charge is -2.12. The summed E-state index contributed by atoms with van der Waals surface area (Å²) in [6.07, 6.45) is 0.438. The summed E-state index contributed by atoms with van der Waals surface area (Å²) < 4.78 is 5.32. The first kappa shape index (κ1) is 15.6. The van der Waals surface area contributed by atoms with Crippen LogP contribution in [0.25, 0.3) is 0 Å². The molecule has 1 rings (SSSR count). The topological polar surface area (TPSA) is 63.6 Å². The van der Waals surface area contributed by atoms with E-state index in [-0.39, 0.29) is 5.12 Å². The van der Waals surface area contributed by atoms with Gasteiger partial charge in [-0.05, 0) is 31.0 Å². The molecule has 1 N–H and O–H groups in total. The van der Waals surface area contributed by atoms with Gasteiger partial charge < -0.3 is 9.84 Å². The van der Waals surface area contributed by atoms with Crippen LogP contribution in [-0.4, -0.2) is 28.6 Å². The predicted molar refractivity (Wildman–Crippen MR) is 75.7 cm³/mol. The Morgan fingerprint density at radius 1 is 1.32 bits per heavy atom. The average molecular weight is 282 g/mol. The number of carbonyl (C=O) groups is 2. The van der Waals surface area contributed by atoms with Crippen molar-refractivity contribution in [2.75, 3.05) is 12.4 Å². The second-order valence-electron chi connectivity index (χ2n) is 4.02. The fraction of sp³-hybridized carbons (Fsp3) is 0.429. The van der Waals surface area contributed by atoms with Gasteiger partial charge in [-0.2, -0.15) is 0 Å². The van der Waals surface area contributed by atoms with Crippen molar-refractivity contribution < 1.29 is 19.4 Å². The second-order valence-corrected chi connectivity index (χ2v) is 5.29. The Morgan fingerprint density at radius 3 is 2.42 bits per heavy atom. The van der Waals surface area contributed by atoms with E-state index in [2.05, 4.69) is 0 Å². The van der Waals surface area contributed by atoms with E-state index in [1.165, 1.54) is 6.92 Å². The van der Waals surface area contributed by atoms with E-state index >= 15 is 0 Å². The van der Waals surface area contributed by atoms with Crippen LogP contribution in [0.3, 0.4) is 0 Å². The Labute approximate surface area is 117 Å². The van der Waals surface area contributed by atoms with Crippen molar-refractivity contribution in [1.82, 2.24) is 0 Å². The Bertz CT molecular complexity index is 428. The summed E-state index contributed by atoms with van der Waals surface area (Å²) in [6.45, 7) is 3.96. The van der Waals surface area contributed by atoms with E-state index in [1.807, 2.05) is 6.92 Å². The van der Waals surface area contributed by atoms with Crippen LogP contribution in [0.2, 0.25) is 0 Å². The summed E-state index contributed by atoms with van der Waals surface area (Å²) in [5.41, 5.74) is 0.736. The summed E-state index contributed by atoms with van der Waals surface area (Å²) in [7, 11) is 0. The van der Waals surface area contributed by atoms with Gasteiger partial charge in [0.15, 0.2) is 5.12 Å². The van der Waals surface area contributed by atoms with Crippen LogP contribution in [0.15, 0.2) is 24.3 Å². The summed E-state index contributed by atoms with van der Waals surface area (Å²) in [5.74, 6) is -0.205. The number of benzene rings is 1. The number of hydrogen-bond acceptors (Lipinski definition) is 4. The fourth-order valence-electron chi connectivity index (χ4n) is 1.72. The molecule has 0 saturated heterocycles. The van der Waals surface area contributed by atoms with Crippen LogP contribution in [0, 0.1) is 0 Å². The van der Waals surface area contributed by atoms with Crippen molar-refractivity contribution in [3.05, 3.63) is 29.8 Å². The number of hydrogen-bond donors (Lipinski definition) is 1. The minimum Gasteiger partial charge on any atom is -0.494 e. The number of rotatable bonds is 7. The number of carboxylic acid groups (broad SMARTS) is 1. The molecule has 19 heavy (non-hydrogen) atoms. The minimum absolute atomic E-state index is 0.0100. The highest BCUT2D eigenvalue weighted by Gasteiger charge is 2.19. The minimum atomic E-state index is -0.867. The van der Waals surface area contributed by atoms with Gasteiger partial charge in [0.1, 0.15) is 5.75 Å². The standard InChI is InChI=1S/C14H18O4S/c1-3-18-12-6-4-11(5-7-12)13(14(16)17)8-9-19-10(2)15/h4-7,13H,3,8-9H2,1-2H3,(H,16,17). The predicted octanol–water partition coefficient (Wildman–Crippen LogP) is 2.92. The zero-order valence-electron chi connectivity index (χ0n) is 11.1. The monoisotopic (exact) mass is 282 g/mol. The van der Waals surface area contributed by atoms with Gasteiger partial charge in [0.25, 0.3) is 0 Å². The SMILES string of the molecule is CCOc1ccc(C(CCSC(C)=O)C(=O)O)cc1. The normalized spacial score (nSPS) is 11.9. The Balaban J connectivity index is 2.69. The number of aliphatic carboxylic acids is 1. The molecular weight excluding hydrogens is 264 g/mol. The van der Waals surface area contributed by atoms with Gasteiger partial charge in [-0.15, -0.1) is 0 Å². The molecule has 0 aliphatic carbocycles. The molecule has 0 amide bonds. The van der Waals surface area contributed by atoms with E-state index < -0.39 is 11.9 Å². The van der Waals surface area contributed by atoms with Crippen molar-refractivity contribution in [3.8, 4) is 5.75 Å². The van der Waals surface area contributed by atoms with Gasteiger partial charge in [-0.1, -0.05) is 23.9 Å². The third-order valence-electron chi connectivity index (χ3n) is 2.60. The van der Waals surface area contributed by atoms with Crippen LogP contribution >= 0.6 is 11.8 Å². The maximum absolute atomic E-state index is 11.3. The zero-order valence-corrected chi connectivity index (χ0v) is 11.9. The van der Waals surface area contributed by atoms with Crippen molar-refractivity contribution in [2.24, 2.45) is 0 Å². The third-order valence-corrected chi connectivity index (χ3v) is 3.45. The van der Waals surface area contributed by atoms with Crippen molar-refractivity contribution in [3.63, 3.8) is 0 Å². The van der Waals surface area contributed by atoms with Gasteiger partial charge in [-0.3, -0.25) is 9.59 Å². The molecule has 0 radical (unpaired) electrons. The Hall–Kier alpha value is -1.49. The van der Waals surface area contributed by atoms with Crippen molar-refractivity contribution in [2.45, 2.75) is 26.2 Å².